The fourth-order valence-electron chi connectivity index (χ4n) is 3.80. The number of nitrogens with one attached hydrogen (secondary N) is 1. The highest BCUT2D eigenvalue weighted by atomic mass is 35.5. The zero-order chi connectivity index (χ0) is 15.0. The monoisotopic (exact) mass is 308 g/mol. The van der Waals surface area contributed by atoms with Crippen LogP contribution in [0, 0.1) is 5.41 Å². The Morgan fingerprint density at radius 2 is 2.14 bits per heavy atom. The van der Waals surface area contributed by atoms with Gasteiger partial charge in [0, 0.05) is 37.8 Å². The minimum absolute atomic E-state index is 0.378. The van der Waals surface area contributed by atoms with Crippen molar-refractivity contribution in [2.45, 2.75) is 44.8 Å². The maximum absolute atomic E-state index is 6.36. The van der Waals surface area contributed by atoms with Crippen LogP contribution in [0.5, 0.6) is 0 Å². The van der Waals surface area contributed by atoms with Gasteiger partial charge in [-0.2, -0.15) is 0 Å². The van der Waals surface area contributed by atoms with Crippen molar-refractivity contribution in [1.82, 2.24) is 0 Å². The summed E-state index contributed by atoms with van der Waals surface area (Å²) in [6, 6.07) is 6.78. The van der Waals surface area contributed by atoms with Crippen molar-refractivity contribution >= 4 is 23.0 Å². The molecule has 0 radical (unpaired) electrons. The van der Waals surface area contributed by atoms with Gasteiger partial charge in [0.25, 0.3) is 0 Å². The van der Waals surface area contributed by atoms with Crippen LogP contribution in [0.15, 0.2) is 18.2 Å². The number of hydrogen-bond donors (Lipinski definition) is 1. The Morgan fingerprint density at radius 1 is 1.38 bits per heavy atom. The third kappa shape index (κ3) is 2.51. The molecule has 0 aliphatic heterocycles. The third-order valence-corrected chi connectivity index (χ3v) is 5.51. The van der Waals surface area contributed by atoms with Crippen LogP contribution in [-0.2, 0) is 4.74 Å². The van der Waals surface area contributed by atoms with E-state index >= 15 is 0 Å². The minimum Gasteiger partial charge on any atom is -0.382 e. The van der Waals surface area contributed by atoms with Crippen LogP contribution >= 0.6 is 11.6 Å². The first-order valence-corrected chi connectivity index (χ1v) is 8.29. The van der Waals surface area contributed by atoms with E-state index < -0.39 is 0 Å². The number of ether oxygens (including phenoxy) is 1. The van der Waals surface area contributed by atoms with E-state index in [-0.39, 0.29) is 0 Å². The molecule has 1 aromatic rings. The van der Waals surface area contributed by atoms with Gasteiger partial charge in [-0.15, -0.1) is 0 Å². The van der Waals surface area contributed by atoms with Crippen LogP contribution < -0.4 is 10.2 Å². The van der Waals surface area contributed by atoms with Crippen molar-refractivity contribution in [2.75, 3.05) is 30.9 Å². The Hall–Kier alpha value is -0.930. The van der Waals surface area contributed by atoms with Crippen molar-refractivity contribution in [3.05, 3.63) is 23.2 Å². The minimum atomic E-state index is 0.378. The molecule has 2 unspecified atom stereocenters. The molecule has 2 atom stereocenters. The van der Waals surface area contributed by atoms with Crippen LogP contribution in [0.1, 0.15) is 32.6 Å². The van der Waals surface area contributed by atoms with E-state index in [2.05, 4.69) is 24.4 Å². The fourth-order valence-corrected chi connectivity index (χ4v) is 4.15. The van der Waals surface area contributed by atoms with Gasteiger partial charge in [-0.05, 0) is 44.4 Å². The van der Waals surface area contributed by atoms with E-state index in [4.69, 9.17) is 16.3 Å². The molecule has 1 spiro atoms. The number of benzene rings is 1. The summed E-state index contributed by atoms with van der Waals surface area (Å²) in [5, 5.41) is 4.48. The molecule has 0 bridgehead atoms. The maximum Gasteiger partial charge on any atom is 0.0670 e. The predicted molar refractivity (Wildman–Crippen MR) is 89.5 cm³/mol. The van der Waals surface area contributed by atoms with E-state index in [9.17, 15) is 0 Å². The molecule has 2 saturated carbocycles. The Morgan fingerprint density at radius 3 is 2.67 bits per heavy atom. The summed E-state index contributed by atoms with van der Waals surface area (Å²) in [4.78, 5) is 2.04. The summed E-state index contributed by atoms with van der Waals surface area (Å²) >= 11 is 6.36. The lowest BCUT2D eigenvalue weighted by Crippen LogP contribution is -2.64. The van der Waals surface area contributed by atoms with Gasteiger partial charge in [-0.3, -0.25) is 0 Å². The molecule has 0 aromatic heterocycles. The van der Waals surface area contributed by atoms with Crippen LogP contribution in [0.2, 0.25) is 5.02 Å². The highest BCUT2D eigenvalue weighted by Gasteiger charge is 2.58. The molecule has 116 valence electrons. The van der Waals surface area contributed by atoms with Crippen molar-refractivity contribution < 1.29 is 4.74 Å². The van der Waals surface area contributed by atoms with Gasteiger partial charge in [0.05, 0.1) is 16.8 Å². The first-order chi connectivity index (χ1) is 10.1. The van der Waals surface area contributed by atoms with Gasteiger partial charge >= 0.3 is 0 Å². The zero-order valence-electron chi connectivity index (χ0n) is 13.2. The van der Waals surface area contributed by atoms with Gasteiger partial charge in [0.1, 0.15) is 0 Å². The molecule has 1 aromatic carbocycles. The lowest BCUT2D eigenvalue weighted by Gasteiger charge is -2.61. The molecule has 4 heteroatoms. The summed E-state index contributed by atoms with van der Waals surface area (Å²) in [6.45, 7) is 2.91. The Labute approximate surface area is 132 Å². The molecule has 3 rings (SSSR count). The second kappa shape index (κ2) is 5.69. The van der Waals surface area contributed by atoms with Gasteiger partial charge in [-0.1, -0.05) is 18.0 Å². The Kier molecular flexibility index (Phi) is 4.06. The Balaban J connectivity index is 1.69. The number of hydrogen-bond acceptors (Lipinski definition) is 3. The lowest BCUT2D eigenvalue weighted by molar-refractivity contribution is -0.157. The van der Waals surface area contributed by atoms with Crippen LogP contribution in [0.3, 0.4) is 0 Å². The highest BCUT2D eigenvalue weighted by Crippen LogP contribution is 2.58. The average molecular weight is 309 g/mol. The standard InChI is InChI=1S/C17H25ClN2O/c1-4-21-16-11-15(17(16)8-5-9-17)19-12-6-7-14(20(2)3)13(18)10-12/h6-7,10,15-16,19H,4-5,8-9,11H2,1-3H3. The summed E-state index contributed by atoms with van der Waals surface area (Å²) in [7, 11) is 4.02. The molecule has 21 heavy (non-hydrogen) atoms. The molecule has 3 nitrogen and oxygen atoms in total. The fraction of sp³-hybridized carbons (Fsp3) is 0.647. The topological polar surface area (TPSA) is 24.5 Å². The molecule has 2 aliphatic rings. The summed E-state index contributed by atoms with van der Waals surface area (Å²) < 4.78 is 5.91. The molecule has 2 fully saturated rings. The SMILES string of the molecule is CCOC1CC(Nc2ccc(N(C)C)c(Cl)c2)C12CCC2. The molecular weight excluding hydrogens is 284 g/mol. The van der Waals surface area contributed by atoms with Crippen molar-refractivity contribution in [1.29, 1.82) is 0 Å². The number of rotatable bonds is 5. The first kappa shape index (κ1) is 15.0. The molecular formula is C17H25ClN2O. The van der Waals surface area contributed by atoms with Crippen LogP contribution in [0.4, 0.5) is 11.4 Å². The summed E-state index contributed by atoms with van der Waals surface area (Å²) in [5.41, 5.74) is 2.56. The second-order valence-electron chi connectivity index (χ2n) is 6.52. The molecule has 0 amide bonds. The second-order valence-corrected chi connectivity index (χ2v) is 6.93. The van der Waals surface area contributed by atoms with Gasteiger partial charge in [0.2, 0.25) is 0 Å². The smallest absolute Gasteiger partial charge is 0.0670 e. The lowest BCUT2D eigenvalue weighted by atomic mass is 9.51. The molecule has 2 aliphatic carbocycles. The Bertz CT molecular complexity index is 514. The van der Waals surface area contributed by atoms with Gasteiger partial charge in [0.15, 0.2) is 0 Å². The number of anilines is 2. The van der Waals surface area contributed by atoms with E-state index in [1.165, 1.54) is 19.3 Å². The van der Waals surface area contributed by atoms with Crippen molar-refractivity contribution in [3.63, 3.8) is 0 Å². The quantitative estimate of drug-likeness (QED) is 0.883. The van der Waals surface area contributed by atoms with E-state index in [0.29, 0.717) is 17.6 Å². The normalized spacial score (nSPS) is 26.1. The van der Waals surface area contributed by atoms with Gasteiger partial charge in [-0.25, -0.2) is 0 Å². The van der Waals surface area contributed by atoms with E-state index in [1.54, 1.807) is 0 Å². The van der Waals surface area contributed by atoms with Crippen molar-refractivity contribution in [2.24, 2.45) is 5.41 Å². The summed E-state index contributed by atoms with van der Waals surface area (Å²) in [6.07, 6.45) is 5.48. The zero-order valence-corrected chi connectivity index (χ0v) is 13.9. The van der Waals surface area contributed by atoms with Crippen LogP contribution in [0.25, 0.3) is 0 Å². The molecule has 0 heterocycles. The van der Waals surface area contributed by atoms with Crippen LogP contribution in [-0.4, -0.2) is 32.8 Å². The van der Waals surface area contributed by atoms with Crippen molar-refractivity contribution in [3.8, 4) is 0 Å². The first-order valence-electron chi connectivity index (χ1n) is 7.92. The molecule has 1 N–H and O–H groups in total. The number of halogens is 1. The highest BCUT2D eigenvalue weighted by molar-refractivity contribution is 6.33. The average Bonchev–Trinajstić information content (AvgIpc) is 2.35. The summed E-state index contributed by atoms with van der Waals surface area (Å²) in [5.74, 6) is 0. The largest absolute Gasteiger partial charge is 0.382 e. The van der Waals surface area contributed by atoms with E-state index in [0.717, 1.165) is 29.4 Å². The van der Waals surface area contributed by atoms with Gasteiger partial charge < -0.3 is 15.0 Å². The predicted octanol–water partition coefficient (Wildman–Crippen LogP) is 4.17. The molecule has 0 saturated heterocycles. The maximum atomic E-state index is 6.36. The number of nitrogens with zero attached hydrogens (tertiary/aromatic N) is 1. The third-order valence-electron chi connectivity index (χ3n) is 5.21. The van der Waals surface area contributed by atoms with E-state index in [1.807, 2.05) is 25.1 Å².